The Morgan fingerprint density at radius 2 is 2.17 bits per heavy atom. The molecule has 0 radical (unpaired) electrons. The minimum Gasteiger partial charge on any atom is -0.314 e. The largest absolute Gasteiger partial charge is 0.314 e. The van der Waals surface area contributed by atoms with Gasteiger partial charge in [0.2, 0.25) is 0 Å². The first kappa shape index (κ1) is 13.4. The minimum absolute atomic E-state index is 0.452. The summed E-state index contributed by atoms with van der Waals surface area (Å²) in [6.45, 7) is 7.75. The number of aromatic nitrogens is 2. The highest BCUT2D eigenvalue weighted by molar-refractivity contribution is 7.16. The van der Waals surface area contributed by atoms with Crippen molar-refractivity contribution in [3.05, 3.63) is 23.5 Å². The van der Waals surface area contributed by atoms with E-state index in [4.69, 9.17) is 0 Å². The SMILES string of the molecule is CCCNC(C)C(CC)c1ncnc2sccc12. The Bertz CT molecular complexity index is 494. The lowest BCUT2D eigenvalue weighted by molar-refractivity contribution is 0.445. The molecule has 2 heterocycles. The van der Waals surface area contributed by atoms with Crippen LogP contribution in [0.3, 0.4) is 0 Å². The van der Waals surface area contributed by atoms with Gasteiger partial charge in [-0.1, -0.05) is 13.8 Å². The van der Waals surface area contributed by atoms with Crippen LogP contribution < -0.4 is 5.32 Å². The Kier molecular flexibility index (Phi) is 4.66. The molecule has 0 aliphatic carbocycles. The second kappa shape index (κ2) is 6.25. The minimum atomic E-state index is 0.452. The van der Waals surface area contributed by atoms with E-state index in [1.807, 2.05) is 0 Å². The molecule has 0 bridgehead atoms. The second-order valence-corrected chi connectivity index (χ2v) is 5.55. The van der Waals surface area contributed by atoms with Gasteiger partial charge in [0, 0.05) is 17.3 Å². The van der Waals surface area contributed by atoms with Crippen molar-refractivity contribution in [2.24, 2.45) is 0 Å². The molecule has 2 aromatic rings. The zero-order valence-electron chi connectivity index (χ0n) is 11.3. The summed E-state index contributed by atoms with van der Waals surface area (Å²) in [5.41, 5.74) is 1.19. The van der Waals surface area contributed by atoms with Crippen LogP contribution in [0.4, 0.5) is 0 Å². The van der Waals surface area contributed by atoms with Crippen molar-refractivity contribution in [3.63, 3.8) is 0 Å². The van der Waals surface area contributed by atoms with Crippen LogP contribution in [0.25, 0.3) is 10.2 Å². The number of hydrogen-bond donors (Lipinski definition) is 1. The molecule has 4 heteroatoms. The van der Waals surface area contributed by atoms with Gasteiger partial charge in [0.1, 0.15) is 11.2 Å². The Morgan fingerprint density at radius 3 is 2.89 bits per heavy atom. The van der Waals surface area contributed by atoms with Gasteiger partial charge < -0.3 is 5.32 Å². The van der Waals surface area contributed by atoms with E-state index in [1.165, 1.54) is 17.5 Å². The number of rotatable bonds is 6. The fraction of sp³-hybridized carbons (Fsp3) is 0.571. The summed E-state index contributed by atoms with van der Waals surface area (Å²) >= 11 is 1.69. The van der Waals surface area contributed by atoms with E-state index in [0.717, 1.165) is 17.8 Å². The summed E-state index contributed by atoms with van der Waals surface area (Å²) in [6.07, 6.45) is 3.96. The van der Waals surface area contributed by atoms with Gasteiger partial charge in [0.05, 0.1) is 5.69 Å². The average Bonchev–Trinajstić information content (AvgIpc) is 2.86. The Morgan fingerprint density at radius 1 is 1.33 bits per heavy atom. The molecule has 2 aromatic heterocycles. The van der Waals surface area contributed by atoms with Crippen molar-refractivity contribution in [1.82, 2.24) is 15.3 Å². The van der Waals surface area contributed by atoms with Gasteiger partial charge in [-0.15, -0.1) is 11.3 Å². The first-order valence-electron chi connectivity index (χ1n) is 6.69. The summed E-state index contributed by atoms with van der Waals surface area (Å²) in [7, 11) is 0. The monoisotopic (exact) mass is 263 g/mol. The molecule has 98 valence electrons. The first-order chi connectivity index (χ1) is 8.77. The lowest BCUT2D eigenvalue weighted by Crippen LogP contribution is -2.33. The molecule has 18 heavy (non-hydrogen) atoms. The summed E-state index contributed by atoms with van der Waals surface area (Å²) < 4.78 is 0. The molecule has 0 amide bonds. The van der Waals surface area contributed by atoms with Gasteiger partial charge in [-0.05, 0) is 37.8 Å². The molecule has 3 nitrogen and oxygen atoms in total. The second-order valence-electron chi connectivity index (χ2n) is 4.66. The molecular weight excluding hydrogens is 242 g/mol. The summed E-state index contributed by atoms with van der Waals surface area (Å²) in [5.74, 6) is 0.455. The number of fused-ring (bicyclic) bond motifs is 1. The van der Waals surface area contributed by atoms with E-state index in [-0.39, 0.29) is 0 Å². The lowest BCUT2D eigenvalue weighted by Gasteiger charge is -2.23. The van der Waals surface area contributed by atoms with Gasteiger partial charge in [-0.3, -0.25) is 0 Å². The van der Waals surface area contributed by atoms with Crippen LogP contribution in [0, 0.1) is 0 Å². The maximum absolute atomic E-state index is 4.53. The zero-order valence-corrected chi connectivity index (χ0v) is 12.1. The third-order valence-electron chi connectivity index (χ3n) is 3.40. The molecule has 0 saturated heterocycles. The normalized spacial score (nSPS) is 14.8. The third kappa shape index (κ3) is 2.70. The van der Waals surface area contributed by atoms with Crippen LogP contribution in [-0.2, 0) is 0 Å². The van der Waals surface area contributed by atoms with Crippen molar-refractivity contribution in [1.29, 1.82) is 0 Å². The van der Waals surface area contributed by atoms with Crippen LogP contribution in [0.5, 0.6) is 0 Å². The highest BCUT2D eigenvalue weighted by Gasteiger charge is 2.21. The number of thiophene rings is 1. The van der Waals surface area contributed by atoms with Crippen molar-refractivity contribution in [3.8, 4) is 0 Å². The average molecular weight is 263 g/mol. The van der Waals surface area contributed by atoms with Gasteiger partial charge in [-0.2, -0.15) is 0 Å². The van der Waals surface area contributed by atoms with Gasteiger partial charge in [-0.25, -0.2) is 9.97 Å². The van der Waals surface area contributed by atoms with E-state index in [2.05, 4.69) is 47.5 Å². The summed E-state index contributed by atoms with van der Waals surface area (Å²) in [4.78, 5) is 9.96. The maximum Gasteiger partial charge on any atom is 0.126 e. The molecule has 0 fully saturated rings. The quantitative estimate of drug-likeness (QED) is 0.865. The summed E-state index contributed by atoms with van der Waals surface area (Å²) in [5, 5.41) is 6.90. The van der Waals surface area contributed by atoms with Crippen molar-refractivity contribution < 1.29 is 0 Å². The van der Waals surface area contributed by atoms with Gasteiger partial charge >= 0.3 is 0 Å². The van der Waals surface area contributed by atoms with Crippen LogP contribution in [-0.4, -0.2) is 22.6 Å². The fourth-order valence-electron chi connectivity index (χ4n) is 2.40. The molecule has 0 spiro atoms. The predicted octanol–water partition coefficient (Wildman–Crippen LogP) is 3.57. The third-order valence-corrected chi connectivity index (χ3v) is 4.22. The number of nitrogens with one attached hydrogen (secondary N) is 1. The van der Waals surface area contributed by atoms with Gasteiger partial charge in [0.25, 0.3) is 0 Å². The van der Waals surface area contributed by atoms with E-state index in [1.54, 1.807) is 17.7 Å². The van der Waals surface area contributed by atoms with Crippen LogP contribution >= 0.6 is 11.3 Å². The highest BCUT2D eigenvalue weighted by Crippen LogP contribution is 2.29. The van der Waals surface area contributed by atoms with E-state index in [9.17, 15) is 0 Å². The Labute approximate surface area is 113 Å². The highest BCUT2D eigenvalue weighted by atomic mass is 32.1. The van der Waals surface area contributed by atoms with E-state index >= 15 is 0 Å². The van der Waals surface area contributed by atoms with Crippen molar-refractivity contribution >= 4 is 21.6 Å². The standard InChI is InChI=1S/C14H21N3S/c1-4-7-15-10(3)11(5-2)13-12-6-8-18-14(12)17-9-16-13/h6,8-11,15H,4-5,7H2,1-3H3. The predicted molar refractivity (Wildman–Crippen MR) is 78.2 cm³/mol. The van der Waals surface area contributed by atoms with Crippen molar-refractivity contribution in [2.75, 3.05) is 6.54 Å². The van der Waals surface area contributed by atoms with E-state index in [0.29, 0.717) is 12.0 Å². The smallest absolute Gasteiger partial charge is 0.126 e. The van der Waals surface area contributed by atoms with Gasteiger partial charge in [0.15, 0.2) is 0 Å². The number of hydrogen-bond acceptors (Lipinski definition) is 4. The topological polar surface area (TPSA) is 37.8 Å². The van der Waals surface area contributed by atoms with Crippen LogP contribution in [0.15, 0.2) is 17.8 Å². The molecular formula is C14H21N3S. The molecule has 0 aliphatic rings. The lowest BCUT2D eigenvalue weighted by atomic mass is 9.92. The molecule has 2 unspecified atom stereocenters. The molecule has 0 aliphatic heterocycles. The first-order valence-corrected chi connectivity index (χ1v) is 7.57. The Balaban J connectivity index is 2.29. The molecule has 0 saturated carbocycles. The molecule has 1 N–H and O–H groups in total. The zero-order chi connectivity index (χ0) is 13.0. The Hall–Kier alpha value is -1.00. The van der Waals surface area contributed by atoms with Crippen LogP contribution in [0.1, 0.15) is 45.2 Å². The molecule has 2 atom stereocenters. The summed E-state index contributed by atoms with van der Waals surface area (Å²) in [6, 6.07) is 2.60. The number of nitrogens with zero attached hydrogens (tertiary/aromatic N) is 2. The maximum atomic E-state index is 4.53. The van der Waals surface area contributed by atoms with Crippen molar-refractivity contribution in [2.45, 2.75) is 45.6 Å². The molecule has 2 rings (SSSR count). The van der Waals surface area contributed by atoms with E-state index < -0.39 is 0 Å². The van der Waals surface area contributed by atoms with Crippen LogP contribution in [0.2, 0.25) is 0 Å². The fourth-order valence-corrected chi connectivity index (χ4v) is 3.14. The molecule has 0 aromatic carbocycles.